The molecule has 1 heterocycles. The van der Waals surface area contributed by atoms with Crippen LogP contribution < -0.4 is 10.2 Å². The van der Waals surface area contributed by atoms with Crippen molar-refractivity contribution in [3.8, 4) is 0 Å². The van der Waals surface area contributed by atoms with E-state index in [1.165, 1.54) is 17.0 Å². The van der Waals surface area contributed by atoms with Gasteiger partial charge in [-0.3, -0.25) is 4.79 Å². The molecule has 1 aliphatic heterocycles. The van der Waals surface area contributed by atoms with E-state index in [4.69, 9.17) is 0 Å². The molecule has 2 N–H and O–H groups in total. The second-order valence-corrected chi connectivity index (χ2v) is 7.57. The fourth-order valence-corrected chi connectivity index (χ4v) is 3.98. The van der Waals surface area contributed by atoms with E-state index in [0.717, 1.165) is 10.5 Å². The fourth-order valence-electron chi connectivity index (χ4n) is 3.98. The van der Waals surface area contributed by atoms with Crippen molar-refractivity contribution in [2.75, 3.05) is 13.7 Å². The number of hydrogen-bond acceptors (Lipinski definition) is 2. The number of benzene rings is 3. The summed E-state index contributed by atoms with van der Waals surface area (Å²) in [4.78, 5) is 28.7. The number of nitrogens with one attached hydrogen (secondary N) is 2. The third-order valence-electron chi connectivity index (χ3n) is 5.34. The minimum Gasteiger partial charge on any atom is -0.316 e. The molecule has 152 valence electrons. The van der Waals surface area contributed by atoms with Gasteiger partial charge >= 0.3 is 6.03 Å². The highest BCUT2D eigenvalue weighted by Crippen LogP contribution is 2.35. The van der Waals surface area contributed by atoms with Gasteiger partial charge in [-0.2, -0.15) is 0 Å². The Morgan fingerprint density at radius 3 is 2.07 bits per heavy atom. The largest absolute Gasteiger partial charge is 0.330 e. The molecular weight excluding hydrogens is 381 g/mol. The van der Waals surface area contributed by atoms with E-state index >= 15 is 0 Å². The summed E-state index contributed by atoms with van der Waals surface area (Å²) in [6, 6.07) is 24.4. The number of carbonyl (C=O) groups excluding carboxylic acids is 2. The SMILES string of the molecule is C[NH+](Cc1cccc(F)c1)CN1C(=O)NC(c2ccccc2)(c2ccccc2)C1=O. The van der Waals surface area contributed by atoms with Crippen molar-refractivity contribution in [3.63, 3.8) is 0 Å². The number of urea groups is 1. The number of quaternary nitrogens is 1. The first kappa shape index (κ1) is 19.8. The van der Waals surface area contributed by atoms with E-state index in [1.807, 2.05) is 73.8 Å². The summed E-state index contributed by atoms with van der Waals surface area (Å²) in [6.45, 7) is 0.654. The molecule has 3 amide bonds. The number of carbonyl (C=O) groups is 2. The molecule has 3 aromatic carbocycles. The van der Waals surface area contributed by atoms with Crippen LogP contribution in [0.4, 0.5) is 9.18 Å². The summed E-state index contributed by atoms with van der Waals surface area (Å²) >= 11 is 0. The van der Waals surface area contributed by atoms with Crippen molar-refractivity contribution < 1.29 is 18.9 Å². The number of hydrogen-bond donors (Lipinski definition) is 2. The Balaban J connectivity index is 1.64. The highest BCUT2D eigenvalue weighted by Gasteiger charge is 2.54. The van der Waals surface area contributed by atoms with E-state index in [-0.39, 0.29) is 18.4 Å². The maximum Gasteiger partial charge on any atom is 0.330 e. The summed E-state index contributed by atoms with van der Waals surface area (Å²) in [5, 5.41) is 2.94. The Bertz CT molecular complexity index is 1020. The quantitative estimate of drug-likeness (QED) is 0.620. The minimum atomic E-state index is -1.27. The monoisotopic (exact) mass is 404 g/mol. The van der Waals surface area contributed by atoms with Gasteiger partial charge in [0.25, 0.3) is 5.91 Å². The van der Waals surface area contributed by atoms with E-state index in [9.17, 15) is 14.0 Å². The van der Waals surface area contributed by atoms with Crippen LogP contribution in [-0.2, 0) is 16.9 Å². The lowest BCUT2D eigenvalue weighted by atomic mass is 9.83. The number of nitrogens with zero attached hydrogens (tertiary/aromatic N) is 1. The second kappa shape index (κ2) is 8.08. The maximum atomic E-state index is 13.7. The van der Waals surface area contributed by atoms with Crippen molar-refractivity contribution in [2.24, 2.45) is 0 Å². The minimum absolute atomic E-state index is 0.169. The molecular formula is C24H23FN3O2+. The van der Waals surface area contributed by atoms with Gasteiger partial charge in [-0.05, 0) is 23.3 Å². The topological polar surface area (TPSA) is 53.9 Å². The van der Waals surface area contributed by atoms with Crippen LogP contribution in [-0.4, -0.2) is 30.6 Å². The maximum absolute atomic E-state index is 13.7. The second-order valence-electron chi connectivity index (χ2n) is 7.57. The molecule has 6 heteroatoms. The Morgan fingerprint density at radius 1 is 0.900 bits per heavy atom. The Kier molecular flexibility index (Phi) is 5.33. The summed E-state index contributed by atoms with van der Waals surface area (Å²) in [5.74, 6) is -0.619. The highest BCUT2D eigenvalue weighted by molar-refractivity contribution is 6.09. The lowest BCUT2D eigenvalue weighted by Gasteiger charge is -2.28. The molecule has 1 saturated heterocycles. The summed E-state index contributed by atoms with van der Waals surface area (Å²) in [5.41, 5.74) is 0.954. The van der Waals surface area contributed by atoms with E-state index < -0.39 is 11.6 Å². The summed E-state index contributed by atoms with van der Waals surface area (Å²) in [7, 11) is 1.87. The van der Waals surface area contributed by atoms with Crippen LogP contribution in [0.25, 0.3) is 0 Å². The molecule has 1 unspecified atom stereocenters. The molecule has 0 spiro atoms. The summed E-state index contributed by atoms with van der Waals surface area (Å²) < 4.78 is 13.5. The van der Waals surface area contributed by atoms with Gasteiger partial charge in [-0.25, -0.2) is 14.1 Å². The normalized spacial score (nSPS) is 16.4. The Hall–Kier alpha value is -3.51. The molecule has 5 nitrogen and oxygen atoms in total. The highest BCUT2D eigenvalue weighted by atomic mass is 19.1. The molecule has 4 rings (SSSR count). The van der Waals surface area contributed by atoms with Crippen LogP contribution >= 0.6 is 0 Å². The van der Waals surface area contributed by atoms with Crippen molar-refractivity contribution in [2.45, 2.75) is 12.1 Å². The lowest BCUT2D eigenvalue weighted by Crippen LogP contribution is -3.09. The molecule has 1 aliphatic rings. The van der Waals surface area contributed by atoms with Crippen LogP contribution in [0.2, 0.25) is 0 Å². The van der Waals surface area contributed by atoms with Crippen LogP contribution in [0, 0.1) is 5.82 Å². The predicted octanol–water partition coefficient (Wildman–Crippen LogP) is 2.29. The van der Waals surface area contributed by atoms with Gasteiger partial charge in [0.15, 0.2) is 12.2 Å². The lowest BCUT2D eigenvalue weighted by molar-refractivity contribution is -0.901. The van der Waals surface area contributed by atoms with Gasteiger partial charge < -0.3 is 10.2 Å². The fraction of sp³-hybridized carbons (Fsp3) is 0.167. The molecule has 3 aromatic rings. The summed E-state index contributed by atoms with van der Waals surface area (Å²) in [6.07, 6.45) is 0. The van der Waals surface area contributed by atoms with Gasteiger partial charge in [0.05, 0.1) is 7.05 Å². The average Bonchev–Trinajstić information content (AvgIpc) is 3.00. The average molecular weight is 404 g/mol. The van der Waals surface area contributed by atoms with Crippen molar-refractivity contribution in [1.29, 1.82) is 0 Å². The third kappa shape index (κ3) is 3.57. The number of amides is 3. The number of rotatable bonds is 6. The first-order chi connectivity index (χ1) is 14.5. The molecule has 30 heavy (non-hydrogen) atoms. The molecule has 0 aromatic heterocycles. The van der Waals surface area contributed by atoms with E-state index in [1.54, 1.807) is 6.07 Å². The number of imide groups is 1. The molecule has 0 saturated carbocycles. The first-order valence-electron chi connectivity index (χ1n) is 9.81. The number of halogens is 1. The smallest absolute Gasteiger partial charge is 0.316 e. The molecule has 1 fully saturated rings. The first-order valence-corrected chi connectivity index (χ1v) is 9.81. The zero-order chi connectivity index (χ0) is 21.1. The Labute approximate surface area is 174 Å². The van der Waals surface area contributed by atoms with Crippen molar-refractivity contribution in [1.82, 2.24) is 10.2 Å². The van der Waals surface area contributed by atoms with Crippen LogP contribution in [0.15, 0.2) is 84.9 Å². The molecule has 1 atom stereocenters. The zero-order valence-electron chi connectivity index (χ0n) is 16.6. The molecule has 0 bridgehead atoms. The standard InChI is InChI=1S/C24H22FN3O2/c1-27(16-18-9-8-14-21(25)15-18)17-28-22(29)24(26-23(28)30,19-10-4-2-5-11-19)20-12-6-3-7-13-20/h2-15H,16-17H2,1H3,(H,26,30)/p+1. The predicted molar refractivity (Wildman–Crippen MR) is 111 cm³/mol. The Morgan fingerprint density at radius 2 is 1.50 bits per heavy atom. The van der Waals surface area contributed by atoms with Gasteiger partial charge in [0.1, 0.15) is 12.4 Å². The van der Waals surface area contributed by atoms with Crippen LogP contribution in [0.3, 0.4) is 0 Å². The zero-order valence-corrected chi connectivity index (χ0v) is 16.6. The van der Waals surface area contributed by atoms with E-state index in [0.29, 0.717) is 17.7 Å². The van der Waals surface area contributed by atoms with Gasteiger partial charge in [-0.1, -0.05) is 72.8 Å². The molecule has 0 radical (unpaired) electrons. The van der Waals surface area contributed by atoms with Crippen molar-refractivity contribution in [3.05, 3.63) is 107 Å². The van der Waals surface area contributed by atoms with Crippen LogP contribution in [0.1, 0.15) is 16.7 Å². The van der Waals surface area contributed by atoms with Gasteiger partial charge in [-0.15, -0.1) is 0 Å². The van der Waals surface area contributed by atoms with E-state index in [2.05, 4.69) is 5.32 Å². The van der Waals surface area contributed by atoms with Gasteiger partial charge in [0, 0.05) is 5.56 Å². The van der Waals surface area contributed by atoms with Crippen molar-refractivity contribution >= 4 is 11.9 Å². The van der Waals surface area contributed by atoms with Crippen LogP contribution in [0.5, 0.6) is 0 Å². The van der Waals surface area contributed by atoms with Gasteiger partial charge in [0.2, 0.25) is 0 Å². The molecule has 0 aliphatic carbocycles. The third-order valence-corrected chi connectivity index (χ3v) is 5.34.